The Labute approximate surface area is 316 Å². The van der Waals surface area contributed by atoms with Crippen LogP contribution in [0, 0.1) is 35.5 Å². The van der Waals surface area contributed by atoms with Gasteiger partial charge in [0, 0.05) is 31.4 Å². The molecule has 0 aliphatic carbocycles. The van der Waals surface area contributed by atoms with Gasteiger partial charge in [0.15, 0.2) is 0 Å². The normalized spacial score (nSPS) is 17.7. The fourth-order valence-electron chi connectivity index (χ4n) is 8.73. The van der Waals surface area contributed by atoms with Crippen LogP contribution in [-0.2, 0) is 0 Å². The van der Waals surface area contributed by atoms with Crippen LogP contribution in [0.3, 0.4) is 0 Å². The second-order valence-electron chi connectivity index (χ2n) is 21.6. The van der Waals surface area contributed by atoms with Gasteiger partial charge in [-0.3, -0.25) is 4.65 Å². The van der Waals surface area contributed by atoms with Crippen molar-refractivity contribution in [3.05, 3.63) is 77.9 Å². The van der Waals surface area contributed by atoms with Crippen molar-refractivity contribution in [3.63, 3.8) is 0 Å². The lowest BCUT2D eigenvalue weighted by Gasteiger charge is -2.59. The van der Waals surface area contributed by atoms with Gasteiger partial charge < -0.3 is 18.3 Å². The van der Waals surface area contributed by atoms with E-state index in [1.165, 1.54) is 33.9 Å². The summed E-state index contributed by atoms with van der Waals surface area (Å²) in [5.74, 6) is 0. The van der Waals surface area contributed by atoms with Crippen LogP contribution in [0.4, 0.5) is 22.7 Å². The highest BCUT2D eigenvalue weighted by Gasteiger charge is 2.70. The van der Waals surface area contributed by atoms with E-state index in [-0.39, 0.29) is 21.7 Å². The number of hydrogen-bond donors (Lipinski definition) is 1. The van der Waals surface area contributed by atoms with Gasteiger partial charge in [0.1, 0.15) is 7.59 Å². The van der Waals surface area contributed by atoms with E-state index in [1.54, 1.807) is 5.19 Å². The molecule has 0 unspecified atom stereocenters. The smallest absolute Gasteiger partial charge is 0.370 e. The van der Waals surface area contributed by atoms with E-state index in [9.17, 15) is 0 Å². The topological polar surface area (TPSA) is 25.0 Å². The van der Waals surface area contributed by atoms with Gasteiger partial charge in [-0.1, -0.05) is 145 Å². The Balaban J connectivity index is 2.00. The monoisotopic (exact) mass is 742 g/mol. The second-order valence-corrected chi connectivity index (χ2v) is 39.0. The standard InChI is InChI=1S/C43H71N5Si3/c1-33-23-22-24-34(2)39(33)50(45(29-40(3,4)5)35-25-18-19-26-36(35)46(50)30-41(6,7)8)44-51(49(15,16)17)47(31-42(9,10)11)37-27-20-21-28-38(37)48(51)32-43(12,13)14/h18-28,44H,29-32H2,1-17H3. The molecule has 3 aromatic rings. The molecule has 0 amide bonds. The fraction of sp³-hybridized carbons (Fsp3) is 0.581. The molecule has 0 fully saturated rings. The maximum absolute atomic E-state index is 5.17. The molecule has 280 valence electrons. The molecule has 2 heterocycles. The number of anilines is 4. The first-order valence-corrected chi connectivity index (χ1v) is 27.7. The van der Waals surface area contributed by atoms with Gasteiger partial charge in [0.2, 0.25) is 0 Å². The SMILES string of the molecule is Cc1cccc(C)c1[Si]1(N[Si]2([Si](C)(C)C)N(CC(C)(C)C)c3ccccc3N2CC(C)(C)C)N(CC(C)(C)C)c2ccccc2N1CC(C)(C)C. The van der Waals surface area contributed by atoms with Gasteiger partial charge in [0.25, 0.3) is 0 Å². The van der Waals surface area contributed by atoms with E-state index in [2.05, 4.69) is 202 Å². The molecular weight excluding hydrogens is 671 g/mol. The van der Waals surface area contributed by atoms with E-state index >= 15 is 0 Å². The molecule has 0 saturated carbocycles. The quantitative estimate of drug-likeness (QED) is 0.232. The molecule has 2 aliphatic rings. The van der Waals surface area contributed by atoms with E-state index in [0.717, 1.165) is 26.2 Å². The van der Waals surface area contributed by atoms with Crippen molar-refractivity contribution in [2.45, 2.75) is 117 Å². The van der Waals surface area contributed by atoms with E-state index < -0.39 is 24.2 Å². The summed E-state index contributed by atoms with van der Waals surface area (Å²) < 4.78 is 17.1. The Morgan fingerprint density at radius 1 is 0.471 bits per heavy atom. The minimum absolute atomic E-state index is 0.0735. The van der Waals surface area contributed by atoms with Gasteiger partial charge in [-0.2, -0.15) is 0 Å². The summed E-state index contributed by atoms with van der Waals surface area (Å²) in [7, 11) is -7.99. The van der Waals surface area contributed by atoms with Crippen molar-refractivity contribution in [1.29, 1.82) is 0 Å². The summed E-state index contributed by atoms with van der Waals surface area (Å²) >= 11 is 0. The van der Waals surface area contributed by atoms with E-state index in [4.69, 9.17) is 4.65 Å². The zero-order valence-corrected chi connectivity index (χ0v) is 38.5. The molecule has 2 aliphatic heterocycles. The highest BCUT2D eigenvalue weighted by molar-refractivity contribution is 7.45. The average molecular weight is 742 g/mol. The molecule has 0 saturated heterocycles. The number of nitrogens with one attached hydrogen (secondary N) is 1. The molecule has 3 aromatic carbocycles. The predicted octanol–water partition coefficient (Wildman–Crippen LogP) is 10.2. The maximum Gasteiger partial charge on any atom is 0.377 e. The van der Waals surface area contributed by atoms with Gasteiger partial charge in [-0.25, -0.2) is 0 Å². The van der Waals surface area contributed by atoms with Crippen LogP contribution >= 0.6 is 0 Å². The van der Waals surface area contributed by atoms with E-state index in [1.807, 2.05) is 0 Å². The highest BCUT2D eigenvalue weighted by atomic mass is 29.3. The first-order chi connectivity index (χ1) is 23.2. The Hall–Kier alpha value is -2.53. The number of rotatable bonds is 8. The lowest BCUT2D eigenvalue weighted by molar-refractivity contribution is 0.419. The zero-order chi connectivity index (χ0) is 38.2. The molecule has 8 heteroatoms. The number of hydrogen-bond acceptors (Lipinski definition) is 5. The van der Waals surface area contributed by atoms with Gasteiger partial charge in [0.05, 0.1) is 22.7 Å². The average Bonchev–Trinajstić information content (AvgIpc) is 3.33. The molecule has 0 spiro atoms. The minimum atomic E-state index is -3.07. The third kappa shape index (κ3) is 7.49. The number of benzene rings is 3. The Morgan fingerprint density at radius 2 is 0.765 bits per heavy atom. The van der Waals surface area contributed by atoms with Gasteiger partial charge in [-0.05, 0) is 70.9 Å². The zero-order valence-electron chi connectivity index (χ0n) is 35.5. The van der Waals surface area contributed by atoms with Crippen LogP contribution in [-0.4, -0.2) is 50.4 Å². The first-order valence-electron chi connectivity index (χ1n) is 19.4. The van der Waals surface area contributed by atoms with Crippen molar-refractivity contribution < 1.29 is 0 Å². The first kappa shape index (κ1) is 39.7. The molecule has 0 radical (unpaired) electrons. The fourth-order valence-corrected chi connectivity index (χ4v) is 34.8. The summed E-state index contributed by atoms with van der Waals surface area (Å²) in [5.41, 5.74) is 8.78. The lowest BCUT2D eigenvalue weighted by atomic mass is 9.96. The molecule has 0 bridgehead atoms. The summed E-state index contributed by atoms with van der Waals surface area (Å²) in [6.07, 6.45) is 0. The highest BCUT2D eigenvalue weighted by Crippen LogP contribution is 2.51. The van der Waals surface area contributed by atoms with E-state index in [0.29, 0.717) is 0 Å². The van der Waals surface area contributed by atoms with Crippen LogP contribution < -0.4 is 28.1 Å². The maximum atomic E-state index is 5.17. The predicted molar refractivity (Wildman–Crippen MR) is 234 cm³/mol. The summed E-state index contributed by atoms with van der Waals surface area (Å²) in [6, 6.07) is 25.9. The summed E-state index contributed by atoms with van der Waals surface area (Å²) in [5, 5.41) is 1.54. The largest absolute Gasteiger partial charge is 0.377 e. The van der Waals surface area contributed by atoms with Crippen molar-refractivity contribution in [3.8, 4) is 0 Å². The Morgan fingerprint density at radius 3 is 1.06 bits per heavy atom. The molecular formula is C43H71N5Si3. The van der Waals surface area contributed by atoms with Crippen LogP contribution in [0.25, 0.3) is 0 Å². The number of aryl methyl sites for hydroxylation is 2. The summed E-state index contributed by atoms with van der Waals surface area (Å²) in [4.78, 5) is 0. The molecule has 5 rings (SSSR count). The summed E-state index contributed by atoms with van der Waals surface area (Å²) in [6.45, 7) is 46.0. The third-order valence-electron chi connectivity index (χ3n) is 10.2. The van der Waals surface area contributed by atoms with Crippen LogP contribution in [0.1, 0.15) is 94.2 Å². The third-order valence-corrected chi connectivity index (χ3v) is 30.4. The van der Waals surface area contributed by atoms with Crippen LogP contribution in [0.5, 0.6) is 0 Å². The van der Waals surface area contributed by atoms with Crippen LogP contribution in [0.2, 0.25) is 19.6 Å². The number of para-hydroxylation sites is 4. The van der Waals surface area contributed by atoms with Crippen molar-refractivity contribution in [2.24, 2.45) is 21.7 Å². The van der Waals surface area contributed by atoms with Crippen molar-refractivity contribution in [1.82, 2.24) is 4.65 Å². The molecule has 0 aromatic heterocycles. The number of nitrogens with zero attached hydrogens (tertiary/aromatic N) is 4. The van der Waals surface area contributed by atoms with Crippen molar-refractivity contribution >= 4 is 52.2 Å². The Kier molecular flexibility index (Phi) is 10.2. The molecule has 0 atom stereocenters. The van der Waals surface area contributed by atoms with Crippen LogP contribution in [0.15, 0.2) is 66.7 Å². The second kappa shape index (κ2) is 13.1. The molecule has 51 heavy (non-hydrogen) atoms. The molecule has 1 N–H and O–H groups in total. The van der Waals surface area contributed by atoms with Gasteiger partial charge in [-0.15, -0.1) is 0 Å². The van der Waals surface area contributed by atoms with Crippen molar-refractivity contribution in [2.75, 3.05) is 44.4 Å². The number of fused-ring (bicyclic) bond motifs is 2. The lowest BCUT2D eigenvalue weighted by Crippen LogP contribution is -2.95. The Bertz CT molecular complexity index is 1610. The van der Waals surface area contributed by atoms with Gasteiger partial charge >= 0.3 is 16.6 Å². The minimum Gasteiger partial charge on any atom is -0.370 e. The molecule has 5 nitrogen and oxygen atoms in total.